The van der Waals surface area contributed by atoms with E-state index in [9.17, 15) is 14.4 Å². The standard InChI is InChI=1S/C23H22N4O3S/c1-14(28)16-8-4-9-17(12-16)24-21(29)13-20-22(30)25-23(31-20)27-26-19-11-5-7-15-6-2-3-10-18(15)19/h2-4,6,8-10,12,20H,5,7,11,13H2,1H3,(H,24,29)(H,25,27,30)/b26-19+. The molecule has 2 N–H and O–H groups in total. The predicted molar refractivity (Wildman–Crippen MR) is 123 cm³/mol. The molecule has 2 aliphatic rings. The zero-order chi connectivity index (χ0) is 21.8. The summed E-state index contributed by atoms with van der Waals surface area (Å²) in [6, 6.07) is 14.9. The summed E-state index contributed by atoms with van der Waals surface area (Å²) in [4.78, 5) is 36.2. The lowest BCUT2D eigenvalue weighted by Gasteiger charge is -2.16. The van der Waals surface area contributed by atoms with E-state index in [1.54, 1.807) is 24.3 Å². The van der Waals surface area contributed by atoms with Crippen LogP contribution in [0.25, 0.3) is 0 Å². The average molecular weight is 435 g/mol. The number of Topliss-reactive ketones (excluding diaryl/α,β-unsaturated/α-hetero) is 1. The van der Waals surface area contributed by atoms with E-state index in [-0.39, 0.29) is 24.0 Å². The van der Waals surface area contributed by atoms with E-state index >= 15 is 0 Å². The third-order valence-electron chi connectivity index (χ3n) is 5.15. The first kappa shape index (κ1) is 21.0. The summed E-state index contributed by atoms with van der Waals surface area (Å²) in [6.45, 7) is 1.47. The van der Waals surface area contributed by atoms with Gasteiger partial charge in [-0.25, -0.2) is 0 Å². The molecule has 1 unspecified atom stereocenters. The summed E-state index contributed by atoms with van der Waals surface area (Å²) in [6.07, 6.45) is 2.90. The Morgan fingerprint density at radius 2 is 1.97 bits per heavy atom. The molecule has 31 heavy (non-hydrogen) atoms. The van der Waals surface area contributed by atoms with Gasteiger partial charge < -0.3 is 10.6 Å². The van der Waals surface area contributed by atoms with Crippen molar-refractivity contribution in [1.29, 1.82) is 0 Å². The van der Waals surface area contributed by atoms with E-state index in [1.165, 1.54) is 24.2 Å². The first-order chi connectivity index (χ1) is 15.0. The van der Waals surface area contributed by atoms with Crippen molar-refractivity contribution in [1.82, 2.24) is 5.32 Å². The Labute approximate surface area is 184 Å². The lowest BCUT2D eigenvalue weighted by atomic mass is 9.90. The minimum absolute atomic E-state index is 0.000770. The topological polar surface area (TPSA) is 100.0 Å². The van der Waals surface area contributed by atoms with E-state index in [2.05, 4.69) is 26.9 Å². The van der Waals surface area contributed by atoms with Crippen LogP contribution in [0.4, 0.5) is 5.69 Å². The van der Waals surface area contributed by atoms with Gasteiger partial charge in [-0.2, -0.15) is 5.10 Å². The molecule has 1 heterocycles. The van der Waals surface area contributed by atoms with Crippen molar-refractivity contribution in [3.05, 3.63) is 65.2 Å². The highest BCUT2D eigenvalue weighted by Gasteiger charge is 2.32. The summed E-state index contributed by atoms with van der Waals surface area (Å²) in [5.41, 5.74) is 4.33. The maximum atomic E-state index is 12.4. The number of carbonyl (C=O) groups is 3. The van der Waals surface area contributed by atoms with Gasteiger partial charge in [-0.15, -0.1) is 5.10 Å². The third-order valence-corrected chi connectivity index (χ3v) is 6.22. The van der Waals surface area contributed by atoms with Crippen molar-refractivity contribution in [3.8, 4) is 0 Å². The maximum Gasteiger partial charge on any atom is 0.240 e. The van der Waals surface area contributed by atoms with Crippen LogP contribution in [0.15, 0.2) is 58.7 Å². The lowest BCUT2D eigenvalue weighted by Crippen LogP contribution is -2.28. The van der Waals surface area contributed by atoms with Crippen LogP contribution in [-0.4, -0.2) is 33.7 Å². The Morgan fingerprint density at radius 3 is 2.81 bits per heavy atom. The largest absolute Gasteiger partial charge is 0.326 e. The fourth-order valence-electron chi connectivity index (χ4n) is 3.59. The number of aryl methyl sites for hydroxylation is 1. The minimum Gasteiger partial charge on any atom is -0.326 e. The molecule has 7 nitrogen and oxygen atoms in total. The molecule has 158 valence electrons. The minimum atomic E-state index is -0.575. The number of ketones is 1. The number of amidine groups is 1. The molecule has 0 spiro atoms. The van der Waals surface area contributed by atoms with Crippen LogP contribution >= 0.6 is 11.8 Å². The van der Waals surface area contributed by atoms with Gasteiger partial charge in [0.25, 0.3) is 0 Å². The maximum absolute atomic E-state index is 12.4. The lowest BCUT2D eigenvalue weighted by molar-refractivity contribution is -0.122. The number of benzene rings is 2. The van der Waals surface area contributed by atoms with E-state index in [1.807, 2.05) is 18.2 Å². The second kappa shape index (κ2) is 9.26. The zero-order valence-electron chi connectivity index (χ0n) is 17.1. The number of rotatable bonds is 5. The van der Waals surface area contributed by atoms with Gasteiger partial charge in [-0.05, 0) is 43.9 Å². The van der Waals surface area contributed by atoms with Gasteiger partial charge in [0, 0.05) is 23.2 Å². The highest BCUT2D eigenvalue weighted by molar-refractivity contribution is 8.15. The Kier molecular flexibility index (Phi) is 6.27. The second-order valence-corrected chi connectivity index (χ2v) is 8.64. The molecule has 1 fully saturated rings. The SMILES string of the molecule is CC(=O)c1cccc(NC(=O)CC2S/C(=N\N=C3/CCCc4ccccc43)NC2=O)c1. The number of carbonyl (C=O) groups excluding carboxylic acids is 3. The summed E-state index contributed by atoms with van der Waals surface area (Å²) in [5, 5.41) is 13.9. The molecule has 2 aromatic carbocycles. The van der Waals surface area contributed by atoms with E-state index in [4.69, 9.17) is 0 Å². The van der Waals surface area contributed by atoms with Crippen LogP contribution in [0.5, 0.6) is 0 Å². The summed E-state index contributed by atoms with van der Waals surface area (Å²) >= 11 is 1.20. The van der Waals surface area contributed by atoms with Gasteiger partial charge in [0.15, 0.2) is 11.0 Å². The monoisotopic (exact) mass is 434 g/mol. The normalized spacial score (nSPS) is 20.4. The molecule has 8 heteroatoms. The van der Waals surface area contributed by atoms with Gasteiger partial charge in [-0.3, -0.25) is 14.4 Å². The number of amides is 2. The van der Waals surface area contributed by atoms with Crippen molar-refractivity contribution in [2.45, 2.75) is 37.9 Å². The van der Waals surface area contributed by atoms with Crippen LogP contribution in [0, 0.1) is 0 Å². The molecule has 1 aliphatic heterocycles. The van der Waals surface area contributed by atoms with Gasteiger partial charge in [0.1, 0.15) is 5.25 Å². The van der Waals surface area contributed by atoms with Crippen LogP contribution in [0.2, 0.25) is 0 Å². The highest BCUT2D eigenvalue weighted by Crippen LogP contribution is 2.25. The number of nitrogens with one attached hydrogen (secondary N) is 2. The highest BCUT2D eigenvalue weighted by atomic mass is 32.2. The number of fused-ring (bicyclic) bond motifs is 1. The van der Waals surface area contributed by atoms with Crippen LogP contribution in [0.3, 0.4) is 0 Å². The van der Waals surface area contributed by atoms with Crippen LogP contribution in [0.1, 0.15) is 47.7 Å². The summed E-state index contributed by atoms with van der Waals surface area (Å²) in [7, 11) is 0. The molecule has 0 saturated carbocycles. The molecule has 0 bridgehead atoms. The molecule has 1 saturated heterocycles. The molecule has 2 aromatic rings. The summed E-state index contributed by atoms with van der Waals surface area (Å²) in [5.74, 6) is -0.646. The quantitative estimate of drug-likeness (QED) is 0.555. The molecular formula is C23H22N4O3S. The Balaban J connectivity index is 1.39. The van der Waals surface area contributed by atoms with Gasteiger partial charge in [-0.1, -0.05) is 48.2 Å². The van der Waals surface area contributed by atoms with Crippen LogP contribution < -0.4 is 10.6 Å². The molecule has 2 amide bonds. The van der Waals surface area contributed by atoms with E-state index < -0.39 is 5.25 Å². The van der Waals surface area contributed by atoms with Crippen molar-refractivity contribution in [2.24, 2.45) is 10.2 Å². The Morgan fingerprint density at radius 1 is 1.13 bits per heavy atom. The Bertz CT molecular complexity index is 1110. The molecule has 1 atom stereocenters. The van der Waals surface area contributed by atoms with Gasteiger partial charge in [0.2, 0.25) is 11.8 Å². The van der Waals surface area contributed by atoms with Crippen molar-refractivity contribution in [2.75, 3.05) is 5.32 Å². The molecule has 0 radical (unpaired) electrons. The van der Waals surface area contributed by atoms with Gasteiger partial charge in [0.05, 0.1) is 5.71 Å². The van der Waals surface area contributed by atoms with Crippen molar-refractivity contribution in [3.63, 3.8) is 0 Å². The number of hydrogen-bond donors (Lipinski definition) is 2. The van der Waals surface area contributed by atoms with E-state index in [0.29, 0.717) is 16.4 Å². The Hall–Kier alpha value is -3.26. The fraction of sp³-hybridized carbons (Fsp3) is 0.261. The first-order valence-electron chi connectivity index (χ1n) is 10.1. The van der Waals surface area contributed by atoms with Crippen molar-refractivity contribution < 1.29 is 14.4 Å². The number of thioether (sulfide) groups is 1. The second-order valence-electron chi connectivity index (χ2n) is 7.45. The number of nitrogens with zero attached hydrogens (tertiary/aromatic N) is 2. The van der Waals surface area contributed by atoms with Gasteiger partial charge >= 0.3 is 0 Å². The average Bonchev–Trinajstić information content (AvgIpc) is 3.11. The van der Waals surface area contributed by atoms with Crippen LogP contribution in [-0.2, 0) is 16.0 Å². The smallest absolute Gasteiger partial charge is 0.240 e. The first-order valence-corrected chi connectivity index (χ1v) is 11.0. The number of anilines is 1. The molecule has 1 aliphatic carbocycles. The molecular weight excluding hydrogens is 412 g/mol. The fourth-order valence-corrected chi connectivity index (χ4v) is 4.51. The number of hydrogen-bond acceptors (Lipinski definition) is 6. The predicted octanol–water partition coefficient (Wildman–Crippen LogP) is 3.55. The third kappa shape index (κ3) is 5.08. The van der Waals surface area contributed by atoms with Crippen molar-refractivity contribution >= 4 is 45.9 Å². The zero-order valence-corrected chi connectivity index (χ0v) is 17.9. The van der Waals surface area contributed by atoms with E-state index in [0.717, 1.165) is 30.5 Å². The molecule has 0 aromatic heterocycles. The summed E-state index contributed by atoms with van der Waals surface area (Å²) < 4.78 is 0. The molecule has 4 rings (SSSR count).